The largest absolute Gasteiger partial charge is 0.131 e. The second-order valence-electron chi connectivity index (χ2n) is 6.13. The van der Waals surface area contributed by atoms with Gasteiger partial charge < -0.3 is 0 Å². The third-order valence-corrected chi connectivity index (χ3v) is 5.07. The van der Waals surface area contributed by atoms with E-state index in [0.717, 1.165) is 17.3 Å². The fraction of sp³-hybridized carbons (Fsp3) is 1.00. The van der Waals surface area contributed by atoms with Crippen molar-refractivity contribution in [1.82, 2.24) is 0 Å². The minimum Gasteiger partial charge on any atom is -0.131 e. The molecule has 12 heavy (non-hydrogen) atoms. The van der Waals surface area contributed by atoms with Gasteiger partial charge >= 0.3 is 0 Å². The third-order valence-electron chi connectivity index (χ3n) is 4.40. The van der Waals surface area contributed by atoms with Gasteiger partial charge in [-0.05, 0) is 60.9 Å². The summed E-state index contributed by atoms with van der Waals surface area (Å²) in [5.74, 6) is 2.18. The molecule has 0 aromatic rings. The average Bonchev–Trinajstić information content (AvgIpc) is 1.75. The Hall–Kier alpha value is 0.430. The zero-order valence-corrected chi connectivity index (χ0v) is 9.13. The van der Waals surface area contributed by atoms with Crippen LogP contribution in [0.15, 0.2) is 0 Å². The quantitative estimate of drug-likeness (QED) is 0.504. The van der Waals surface area contributed by atoms with Crippen LogP contribution in [-0.4, -0.2) is 5.16 Å². The van der Waals surface area contributed by atoms with Gasteiger partial charge in [-0.15, -0.1) is 9.24 Å². The van der Waals surface area contributed by atoms with Crippen LogP contribution in [0.3, 0.4) is 0 Å². The zero-order chi connectivity index (χ0) is 8.40. The Morgan fingerprint density at radius 1 is 1.08 bits per heavy atom. The minimum atomic E-state index is 0.679. The van der Waals surface area contributed by atoms with Crippen molar-refractivity contribution in [2.75, 3.05) is 0 Å². The standard InChI is InChI=1S/C11H19P/c1-10-3-8-2-9(4-10)6-11(12,5-8)7-10/h8-9H,2-7,12H2,1H3/t8-,9+,10?,11?. The Morgan fingerprint density at radius 2 is 1.67 bits per heavy atom. The Morgan fingerprint density at radius 3 is 2.08 bits per heavy atom. The molecule has 0 N–H and O–H groups in total. The molecule has 0 aromatic heterocycles. The van der Waals surface area contributed by atoms with Crippen molar-refractivity contribution in [3.63, 3.8) is 0 Å². The summed E-state index contributed by atoms with van der Waals surface area (Å²) in [6.45, 7) is 2.53. The van der Waals surface area contributed by atoms with Crippen LogP contribution >= 0.6 is 9.24 Å². The normalized spacial score (nSPS) is 62.5. The van der Waals surface area contributed by atoms with E-state index >= 15 is 0 Å². The third kappa shape index (κ3) is 1.00. The highest BCUT2D eigenvalue weighted by Crippen LogP contribution is 2.64. The second kappa shape index (κ2) is 2.08. The highest BCUT2D eigenvalue weighted by atomic mass is 31.0. The van der Waals surface area contributed by atoms with Crippen LogP contribution in [0.1, 0.15) is 45.4 Å². The number of rotatable bonds is 0. The molecule has 4 saturated carbocycles. The molecule has 4 aliphatic rings. The van der Waals surface area contributed by atoms with Crippen LogP contribution in [-0.2, 0) is 0 Å². The molecule has 1 heteroatoms. The maximum Gasteiger partial charge on any atom is -0.0140 e. The Balaban J connectivity index is 1.98. The number of hydrogen-bond donors (Lipinski definition) is 0. The summed E-state index contributed by atoms with van der Waals surface area (Å²) in [4.78, 5) is 0. The van der Waals surface area contributed by atoms with Gasteiger partial charge in [-0.2, -0.15) is 0 Å². The van der Waals surface area contributed by atoms with Crippen molar-refractivity contribution in [1.29, 1.82) is 0 Å². The lowest BCUT2D eigenvalue weighted by Gasteiger charge is -2.60. The first-order chi connectivity index (χ1) is 5.57. The molecule has 4 rings (SSSR count). The molecule has 4 bridgehead atoms. The average molecular weight is 182 g/mol. The molecule has 0 heterocycles. The van der Waals surface area contributed by atoms with E-state index in [0.29, 0.717) is 5.16 Å². The summed E-state index contributed by atoms with van der Waals surface area (Å²) in [5, 5.41) is 0.679. The van der Waals surface area contributed by atoms with Gasteiger partial charge in [0.25, 0.3) is 0 Å². The molecular weight excluding hydrogens is 163 g/mol. The molecule has 0 nitrogen and oxygen atoms in total. The van der Waals surface area contributed by atoms with Gasteiger partial charge in [-0.3, -0.25) is 0 Å². The molecule has 4 fully saturated rings. The Kier molecular flexibility index (Phi) is 1.35. The molecule has 0 spiro atoms. The van der Waals surface area contributed by atoms with E-state index in [1.54, 1.807) is 19.3 Å². The molecule has 0 aromatic carbocycles. The molecule has 4 aliphatic carbocycles. The summed E-state index contributed by atoms with van der Waals surface area (Å²) in [6, 6.07) is 0. The van der Waals surface area contributed by atoms with Crippen molar-refractivity contribution in [2.45, 2.75) is 50.6 Å². The maximum atomic E-state index is 3.19. The molecule has 0 saturated heterocycles. The van der Waals surface area contributed by atoms with Gasteiger partial charge in [-0.25, -0.2) is 0 Å². The van der Waals surface area contributed by atoms with Crippen LogP contribution in [0.25, 0.3) is 0 Å². The molecular formula is C11H19P. The van der Waals surface area contributed by atoms with Crippen molar-refractivity contribution < 1.29 is 0 Å². The van der Waals surface area contributed by atoms with E-state index in [9.17, 15) is 0 Å². The molecule has 5 atom stereocenters. The SMILES string of the molecule is CC12C[C@H]3C[C@@H](C1)CC(P)(C3)C2. The van der Waals surface area contributed by atoms with Gasteiger partial charge in [0.15, 0.2) is 0 Å². The second-order valence-corrected chi connectivity index (χ2v) is 7.36. The fourth-order valence-electron chi connectivity index (χ4n) is 4.80. The summed E-state index contributed by atoms with van der Waals surface area (Å²) in [7, 11) is 3.19. The van der Waals surface area contributed by atoms with Crippen molar-refractivity contribution in [3.8, 4) is 0 Å². The summed E-state index contributed by atoms with van der Waals surface area (Å²) < 4.78 is 0. The van der Waals surface area contributed by atoms with Crippen LogP contribution in [0.2, 0.25) is 0 Å². The van der Waals surface area contributed by atoms with Gasteiger partial charge in [0.1, 0.15) is 0 Å². The van der Waals surface area contributed by atoms with E-state index in [4.69, 9.17) is 0 Å². The van der Waals surface area contributed by atoms with Gasteiger partial charge in [0.2, 0.25) is 0 Å². The smallest absolute Gasteiger partial charge is 0.0140 e. The summed E-state index contributed by atoms with van der Waals surface area (Å²) in [6.07, 6.45) is 9.18. The minimum absolute atomic E-state index is 0.679. The summed E-state index contributed by atoms with van der Waals surface area (Å²) >= 11 is 0. The van der Waals surface area contributed by atoms with Crippen LogP contribution in [0.4, 0.5) is 0 Å². The first kappa shape index (κ1) is 7.80. The van der Waals surface area contributed by atoms with E-state index in [-0.39, 0.29) is 0 Å². The van der Waals surface area contributed by atoms with Crippen molar-refractivity contribution >= 4 is 9.24 Å². The fourth-order valence-corrected chi connectivity index (χ4v) is 5.96. The lowest BCUT2D eigenvalue weighted by molar-refractivity contribution is -0.0256. The van der Waals surface area contributed by atoms with Gasteiger partial charge in [0.05, 0.1) is 0 Å². The highest BCUT2D eigenvalue weighted by Gasteiger charge is 2.53. The van der Waals surface area contributed by atoms with E-state index in [1.165, 1.54) is 19.3 Å². The summed E-state index contributed by atoms with van der Waals surface area (Å²) in [5.41, 5.74) is 0.742. The van der Waals surface area contributed by atoms with Crippen LogP contribution in [0.5, 0.6) is 0 Å². The predicted octanol–water partition coefficient (Wildman–Crippen LogP) is 3.22. The first-order valence-corrected chi connectivity index (χ1v) is 5.94. The Labute approximate surface area is 77.7 Å². The zero-order valence-electron chi connectivity index (χ0n) is 7.97. The van der Waals surface area contributed by atoms with E-state index in [1.807, 2.05) is 0 Å². The van der Waals surface area contributed by atoms with Gasteiger partial charge in [0, 0.05) is 0 Å². The molecule has 68 valence electrons. The van der Waals surface area contributed by atoms with Crippen LogP contribution < -0.4 is 0 Å². The highest BCUT2D eigenvalue weighted by molar-refractivity contribution is 7.19. The molecule has 0 amide bonds. The lowest BCUT2D eigenvalue weighted by Crippen LogP contribution is -2.51. The lowest BCUT2D eigenvalue weighted by atomic mass is 9.50. The monoisotopic (exact) mass is 182 g/mol. The maximum absolute atomic E-state index is 3.19. The number of hydrogen-bond acceptors (Lipinski definition) is 0. The van der Waals surface area contributed by atoms with E-state index < -0.39 is 0 Å². The Bertz CT molecular complexity index is 187. The van der Waals surface area contributed by atoms with E-state index in [2.05, 4.69) is 16.2 Å². The first-order valence-electron chi connectivity index (χ1n) is 5.36. The topological polar surface area (TPSA) is 0 Å². The molecule has 0 aliphatic heterocycles. The van der Waals surface area contributed by atoms with Gasteiger partial charge in [-0.1, -0.05) is 6.92 Å². The molecule has 3 unspecified atom stereocenters. The van der Waals surface area contributed by atoms with Crippen molar-refractivity contribution in [2.24, 2.45) is 17.3 Å². The predicted molar refractivity (Wildman–Crippen MR) is 55.2 cm³/mol. The van der Waals surface area contributed by atoms with Crippen molar-refractivity contribution in [3.05, 3.63) is 0 Å². The molecule has 0 radical (unpaired) electrons. The van der Waals surface area contributed by atoms with Crippen LogP contribution in [0, 0.1) is 17.3 Å².